The third kappa shape index (κ3) is 2.76. The molecular formula is C15H13ClF2O2. The monoisotopic (exact) mass is 298 g/mol. The van der Waals surface area contributed by atoms with Crippen molar-refractivity contribution in [1.29, 1.82) is 0 Å². The SMILES string of the molecule is COc1cc(C(O)c2cc(C)c(F)cc2F)ccc1Cl. The van der Waals surface area contributed by atoms with Crippen LogP contribution in [-0.2, 0) is 0 Å². The van der Waals surface area contributed by atoms with Crippen molar-refractivity contribution in [2.24, 2.45) is 0 Å². The summed E-state index contributed by atoms with van der Waals surface area (Å²) in [6, 6.07) is 6.68. The highest BCUT2D eigenvalue weighted by Crippen LogP contribution is 2.32. The van der Waals surface area contributed by atoms with Crippen LogP contribution >= 0.6 is 11.6 Å². The van der Waals surface area contributed by atoms with Gasteiger partial charge in [-0.1, -0.05) is 17.7 Å². The van der Waals surface area contributed by atoms with E-state index in [0.29, 0.717) is 16.3 Å². The Morgan fingerprint density at radius 2 is 1.85 bits per heavy atom. The van der Waals surface area contributed by atoms with Crippen LogP contribution in [0.3, 0.4) is 0 Å². The second kappa shape index (κ2) is 5.77. The van der Waals surface area contributed by atoms with E-state index in [0.717, 1.165) is 6.07 Å². The Morgan fingerprint density at radius 3 is 2.50 bits per heavy atom. The summed E-state index contributed by atoms with van der Waals surface area (Å²) in [4.78, 5) is 0. The van der Waals surface area contributed by atoms with Crippen molar-refractivity contribution in [1.82, 2.24) is 0 Å². The van der Waals surface area contributed by atoms with Crippen molar-refractivity contribution < 1.29 is 18.6 Å². The van der Waals surface area contributed by atoms with Crippen molar-refractivity contribution in [3.63, 3.8) is 0 Å². The maximum atomic E-state index is 13.8. The molecule has 0 bridgehead atoms. The molecule has 2 aromatic rings. The van der Waals surface area contributed by atoms with Crippen LogP contribution < -0.4 is 4.74 Å². The minimum absolute atomic E-state index is 0.00766. The van der Waals surface area contributed by atoms with Gasteiger partial charge in [0.15, 0.2) is 0 Å². The Bertz CT molecular complexity index is 644. The van der Waals surface area contributed by atoms with E-state index in [1.807, 2.05) is 0 Å². The summed E-state index contributed by atoms with van der Waals surface area (Å²) < 4.78 is 32.1. The molecule has 2 rings (SSSR count). The number of hydrogen-bond donors (Lipinski definition) is 1. The summed E-state index contributed by atoms with van der Waals surface area (Å²) in [6.45, 7) is 1.51. The minimum Gasteiger partial charge on any atom is -0.495 e. The molecule has 20 heavy (non-hydrogen) atoms. The largest absolute Gasteiger partial charge is 0.495 e. The van der Waals surface area contributed by atoms with Crippen LogP contribution in [0.1, 0.15) is 22.8 Å². The van der Waals surface area contributed by atoms with Crippen molar-refractivity contribution in [2.45, 2.75) is 13.0 Å². The molecule has 0 heterocycles. The predicted molar refractivity (Wildman–Crippen MR) is 73.2 cm³/mol. The second-order valence-corrected chi connectivity index (χ2v) is 4.83. The Hall–Kier alpha value is -1.65. The standard InChI is InChI=1S/C15H13ClF2O2/c1-8-5-10(13(18)7-12(8)17)15(19)9-3-4-11(16)14(6-9)20-2/h3-7,15,19H,1-2H3. The smallest absolute Gasteiger partial charge is 0.137 e. The van der Waals surface area contributed by atoms with E-state index in [1.54, 1.807) is 12.1 Å². The summed E-state index contributed by atoms with van der Waals surface area (Å²) in [6.07, 6.45) is -1.22. The van der Waals surface area contributed by atoms with Gasteiger partial charge in [0.1, 0.15) is 23.5 Å². The summed E-state index contributed by atoms with van der Waals surface area (Å²) in [7, 11) is 1.44. The van der Waals surface area contributed by atoms with Crippen LogP contribution in [-0.4, -0.2) is 12.2 Å². The molecule has 0 aliphatic rings. The predicted octanol–water partition coefficient (Wildman–Crippen LogP) is 4.02. The molecule has 0 fully saturated rings. The third-order valence-corrected chi connectivity index (χ3v) is 3.38. The average molecular weight is 299 g/mol. The van der Waals surface area contributed by atoms with Gasteiger partial charge in [0.25, 0.3) is 0 Å². The van der Waals surface area contributed by atoms with Crippen molar-refractivity contribution in [2.75, 3.05) is 7.11 Å². The molecule has 5 heteroatoms. The lowest BCUT2D eigenvalue weighted by Crippen LogP contribution is -2.04. The van der Waals surface area contributed by atoms with E-state index in [-0.39, 0.29) is 11.1 Å². The first kappa shape index (κ1) is 14.8. The highest BCUT2D eigenvalue weighted by molar-refractivity contribution is 6.32. The summed E-state index contributed by atoms with van der Waals surface area (Å²) >= 11 is 5.89. The molecule has 1 unspecified atom stereocenters. The first-order valence-corrected chi connectivity index (χ1v) is 6.29. The molecule has 106 valence electrons. The Kier molecular flexibility index (Phi) is 4.26. The average Bonchev–Trinajstić information content (AvgIpc) is 2.42. The zero-order chi connectivity index (χ0) is 14.9. The topological polar surface area (TPSA) is 29.5 Å². The first-order valence-electron chi connectivity index (χ1n) is 5.91. The Labute approximate surface area is 120 Å². The van der Waals surface area contributed by atoms with Gasteiger partial charge in [0.05, 0.1) is 12.1 Å². The molecule has 2 aromatic carbocycles. The molecule has 2 nitrogen and oxygen atoms in total. The van der Waals surface area contributed by atoms with Crippen LogP contribution in [0.2, 0.25) is 5.02 Å². The fourth-order valence-electron chi connectivity index (χ4n) is 1.92. The van der Waals surface area contributed by atoms with Gasteiger partial charge in [0, 0.05) is 11.6 Å². The number of aryl methyl sites for hydroxylation is 1. The van der Waals surface area contributed by atoms with Gasteiger partial charge in [-0.3, -0.25) is 0 Å². The molecular weight excluding hydrogens is 286 g/mol. The molecule has 0 aliphatic carbocycles. The van der Waals surface area contributed by atoms with Crippen LogP contribution in [0.4, 0.5) is 8.78 Å². The highest BCUT2D eigenvalue weighted by Gasteiger charge is 2.18. The molecule has 0 radical (unpaired) electrons. The molecule has 0 aromatic heterocycles. The minimum atomic E-state index is -1.22. The zero-order valence-electron chi connectivity index (χ0n) is 11.0. The summed E-state index contributed by atoms with van der Waals surface area (Å²) in [5.74, 6) is -1.07. The van der Waals surface area contributed by atoms with Crippen molar-refractivity contribution in [3.05, 3.63) is 63.7 Å². The lowest BCUT2D eigenvalue weighted by molar-refractivity contribution is 0.214. The molecule has 0 saturated heterocycles. The molecule has 0 amide bonds. The highest BCUT2D eigenvalue weighted by atomic mass is 35.5. The number of benzene rings is 2. The zero-order valence-corrected chi connectivity index (χ0v) is 11.7. The van der Waals surface area contributed by atoms with Gasteiger partial charge in [-0.15, -0.1) is 0 Å². The normalized spacial score (nSPS) is 12.3. The molecule has 0 spiro atoms. The van der Waals surface area contributed by atoms with E-state index in [2.05, 4.69) is 0 Å². The van der Waals surface area contributed by atoms with Crippen molar-refractivity contribution in [3.8, 4) is 5.75 Å². The summed E-state index contributed by atoms with van der Waals surface area (Å²) in [5.41, 5.74) is 0.686. The molecule has 0 saturated carbocycles. The van der Waals surface area contributed by atoms with E-state index in [9.17, 15) is 13.9 Å². The van der Waals surface area contributed by atoms with Gasteiger partial charge >= 0.3 is 0 Å². The fraction of sp³-hybridized carbons (Fsp3) is 0.200. The number of aliphatic hydroxyl groups is 1. The van der Waals surface area contributed by atoms with E-state index >= 15 is 0 Å². The lowest BCUT2D eigenvalue weighted by Gasteiger charge is -2.15. The maximum absolute atomic E-state index is 13.8. The number of hydrogen-bond acceptors (Lipinski definition) is 2. The number of rotatable bonds is 3. The van der Waals surface area contributed by atoms with E-state index in [1.165, 1.54) is 26.2 Å². The quantitative estimate of drug-likeness (QED) is 0.927. The third-order valence-electron chi connectivity index (χ3n) is 3.06. The van der Waals surface area contributed by atoms with Gasteiger partial charge in [-0.25, -0.2) is 8.78 Å². The molecule has 1 atom stereocenters. The van der Waals surface area contributed by atoms with Gasteiger partial charge in [-0.05, 0) is 36.2 Å². The van der Waals surface area contributed by atoms with Gasteiger partial charge < -0.3 is 9.84 Å². The first-order chi connectivity index (χ1) is 9.43. The second-order valence-electron chi connectivity index (χ2n) is 4.42. The number of aliphatic hydroxyl groups excluding tert-OH is 1. The van der Waals surface area contributed by atoms with E-state index < -0.39 is 17.7 Å². The van der Waals surface area contributed by atoms with Gasteiger partial charge in [-0.2, -0.15) is 0 Å². The van der Waals surface area contributed by atoms with Crippen LogP contribution in [0.5, 0.6) is 5.75 Å². The number of ether oxygens (including phenoxy) is 1. The van der Waals surface area contributed by atoms with Crippen molar-refractivity contribution >= 4 is 11.6 Å². The van der Waals surface area contributed by atoms with Crippen LogP contribution in [0, 0.1) is 18.6 Å². The fourth-order valence-corrected chi connectivity index (χ4v) is 2.11. The Morgan fingerprint density at radius 1 is 1.15 bits per heavy atom. The van der Waals surface area contributed by atoms with Crippen LogP contribution in [0.15, 0.2) is 30.3 Å². The number of halogens is 3. The molecule has 1 N–H and O–H groups in total. The number of methoxy groups -OCH3 is 1. The Balaban J connectivity index is 2.46. The maximum Gasteiger partial charge on any atom is 0.137 e. The lowest BCUT2D eigenvalue weighted by atomic mass is 9.99. The van der Waals surface area contributed by atoms with Gasteiger partial charge in [0.2, 0.25) is 0 Å². The van der Waals surface area contributed by atoms with Crippen LogP contribution in [0.25, 0.3) is 0 Å². The molecule has 0 aliphatic heterocycles. The summed E-state index contributed by atoms with van der Waals surface area (Å²) in [5, 5.41) is 10.6. The van der Waals surface area contributed by atoms with E-state index in [4.69, 9.17) is 16.3 Å².